The SMILES string of the molecule is CCCCNC(=NC)NCc1cccc(CS(=O)(=O)NC)c1. The van der Waals surface area contributed by atoms with Gasteiger partial charge >= 0.3 is 0 Å². The van der Waals surface area contributed by atoms with Crippen LogP contribution in [0.25, 0.3) is 0 Å². The van der Waals surface area contributed by atoms with E-state index in [2.05, 4.69) is 27.3 Å². The second kappa shape index (κ2) is 9.42. The van der Waals surface area contributed by atoms with Crippen molar-refractivity contribution in [1.29, 1.82) is 0 Å². The number of guanidine groups is 1. The first-order chi connectivity index (χ1) is 10.5. The normalized spacial score (nSPS) is 12.2. The Bertz CT molecular complexity index is 585. The van der Waals surface area contributed by atoms with Crippen molar-refractivity contribution in [2.75, 3.05) is 20.6 Å². The molecule has 0 aliphatic heterocycles. The highest BCUT2D eigenvalue weighted by Gasteiger charge is 2.08. The van der Waals surface area contributed by atoms with Crippen molar-refractivity contribution in [3.8, 4) is 0 Å². The summed E-state index contributed by atoms with van der Waals surface area (Å²) < 4.78 is 25.5. The van der Waals surface area contributed by atoms with Crippen LogP contribution in [0.5, 0.6) is 0 Å². The van der Waals surface area contributed by atoms with Gasteiger partial charge in [-0.3, -0.25) is 4.99 Å². The van der Waals surface area contributed by atoms with E-state index in [1.807, 2.05) is 24.3 Å². The molecule has 1 aromatic carbocycles. The van der Waals surface area contributed by atoms with E-state index < -0.39 is 10.0 Å². The van der Waals surface area contributed by atoms with Gasteiger partial charge in [-0.15, -0.1) is 0 Å². The maximum atomic E-state index is 11.6. The molecule has 3 N–H and O–H groups in total. The van der Waals surface area contributed by atoms with E-state index in [1.54, 1.807) is 7.05 Å². The van der Waals surface area contributed by atoms with Gasteiger partial charge in [-0.25, -0.2) is 13.1 Å². The number of hydrogen-bond acceptors (Lipinski definition) is 3. The van der Waals surface area contributed by atoms with E-state index in [1.165, 1.54) is 7.05 Å². The van der Waals surface area contributed by atoms with E-state index in [9.17, 15) is 8.42 Å². The summed E-state index contributed by atoms with van der Waals surface area (Å²) >= 11 is 0. The highest BCUT2D eigenvalue weighted by atomic mass is 32.2. The molecule has 124 valence electrons. The monoisotopic (exact) mass is 326 g/mol. The number of rotatable bonds is 8. The molecular formula is C15H26N4O2S. The summed E-state index contributed by atoms with van der Waals surface area (Å²) in [6.45, 7) is 3.62. The zero-order valence-electron chi connectivity index (χ0n) is 13.5. The van der Waals surface area contributed by atoms with Crippen molar-refractivity contribution < 1.29 is 8.42 Å². The zero-order valence-corrected chi connectivity index (χ0v) is 14.3. The molecule has 1 rings (SSSR count). The molecule has 1 aromatic rings. The fourth-order valence-electron chi connectivity index (χ4n) is 1.91. The highest BCUT2D eigenvalue weighted by molar-refractivity contribution is 7.88. The Hall–Kier alpha value is -1.60. The highest BCUT2D eigenvalue weighted by Crippen LogP contribution is 2.08. The molecule has 0 atom stereocenters. The van der Waals surface area contributed by atoms with E-state index in [-0.39, 0.29) is 5.75 Å². The molecule has 0 saturated carbocycles. The van der Waals surface area contributed by atoms with Crippen molar-refractivity contribution in [3.63, 3.8) is 0 Å². The van der Waals surface area contributed by atoms with Crippen molar-refractivity contribution in [1.82, 2.24) is 15.4 Å². The van der Waals surface area contributed by atoms with E-state index in [4.69, 9.17) is 0 Å². The number of sulfonamides is 1. The van der Waals surface area contributed by atoms with Crippen molar-refractivity contribution in [3.05, 3.63) is 35.4 Å². The summed E-state index contributed by atoms with van der Waals surface area (Å²) in [5.41, 5.74) is 1.78. The summed E-state index contributed by atoms with van der Waals surface area (Å²) in [6.07, 6.45) is 2.23. The van der Waals surface area contributed by atoms with Crippen LogP contribution in [0.2, 0.25) is 0 Å². The smallest absolute Gasteiger partial charge is 0.215 e. The predicted molar refractivity (Wildman–Crippen MR) is 91.2 cm³/mol. The molecule has 0 aliphatic rings. The second-order valence-corrected chi connectivity index (χ2v) is 6.92. The van der Waals surface area contributed by atoms with Gasteiger partial charge in [0, 0.05) is 20.1 Å². The number of hydrogen-bond donors (Lipinski definition) is 3. The Balaban J connectivity index is 2.59. The van der Waals surface area contributed by atoms with Crippen LogP contribution in [0.3, 0.4) is 0 Å². The predicted octanol–water partition coefficient (Wildman–Crippen LogP) is 1.20. The molecule has 0 saturated heterocycles. The summed E-state index contributed by atoms with van der Waals surface area (Å²) in [4.78, 5) is 4.16. The number of aliphatic imine (C=N–C) groups is 1. The first-order valence-electron chi connectivity index (χ1n) is 7.44. The average Bonchev–Trinajstić information content (AvgIpc) is 2.50. The lowest BCUT2D eigenvalue weighted by molar-refractivity contribution is 0.587. The van der Waals surface area contributed by atoms with Gasteiger partial charge in [-0.2, -0.15) is 0 Å². The number of benzene rings is 1. The van der Waals surface area contributed by atoms with Gasteiger partial charge in [0.05, 0.1) is 5.75 Å². The minimum absolute atomic E-state index is 0.0131. The Morgan fingerprint density at radius 2 is 1.95 bits per heavy atom. The number of nitrogens with zero attached hydrogens (tertiary/aromatic N) is 1. The fraction of sp³-hybridized carbons (Fsp3) is 0.533. The molecule has 6 nitrogen and oxygen atoms in total. The molecule has 0 unspecified atom stereocenters. The van der Waals surface area contributed by atoms with Crippen LogP contribution in [0.4, 0.5) is 0 Å². The molecule has 0 aromatic heterocycles. The van der Waals surface area contributed by atoms with Gasteiger partial charge in [0.15, 0.2) is 5.96 Å². The Morgan fingerprint density at radius 3 is 2.59 bits per heavy atom. The van der Waals surface area contributed by atoms with Crippen LogP contribution >= 0.6 is 0 Å². The lowest BCUT2D eigenvalue weighted by Gasteiger charge is -2.12. The lowest BCUT2D eigenvalue weighted by Crippen LogP contribution is -2.37. The standard InChI is InChI=1S/C15H26N4O2S/c1-4-5-9-18-15(16-2)19-11-13-7-6-8-14(10-13)12-22(20,21)17-3/h6-8,10,17H,4-5,9,11-12H2,1-3H3,(H2,16,18,19). The van der Waals surface area contributed by atoms with Crippen LogP contribution in [0.15, 0.2) is 29.3 Å². The third-order valence-electron chi connectivity index (χ3n) is 3.17. The van der Waals surface area contributed by atoms with E-state index >= 15 is 0 Å². The van der Waals surface area contributed by atoms with Gasteiger partial charge in [-0.1, -0.05) is 37.6 Å². The molecule has 22 heavy (non-hydrogen) atoms. The Morgan fingerprint density at radius 1 is 1.23 bits per heavy atom. The maximum absolute atomic E-state index is 11.6. The van der Waals surface area contributed by atoms with Gasteiger partial charge in [0.25, 0.3) is 0 Å². The number of nitrogens with one attached hydrogen (secondary N) is 3. The van der Waals surface area contributed by atoms with Gasteiger partial charge in [0.1, 0.15) is 0 Å². The largest absolute Gasteiger partial charge is 0.356 e. The van der Waals surface area contributed by atoms with E-state index in [0.717, 1.165) is 36.5 Å². The third kappa shape index (κ3) is 6.91. The molecule has 7 heteroatoms. The van der Waals surface area contributed by atoms with Gasteiger partial charge < -0.3 is 10.6 Å². The number of unbranched alkanes of at least 4 members (excludes halogenated alkanes) is 1. The molecule has 0 bridgehead atoms. The molecule has 0 radical (unpaired) electrons. The quantitative estimate of drug-likeness (QED) is 0.381. The van der Waals surface area contributed by atoms with Crippen molar-refractivity contribution in [2.24, 2.45) is 4.99 Å². The zero-order chi connectivity index (χ0) is 16.4. The molecule has 0 spiro atoms. The summed E-state index contributed by atoms with van der Waals surface area (Å²) in [5, 5.41) is 6.46. The Kier molecular flexibility index (Phi) is 7.90. The van der Waals surface area contributed by atoms with Gasteiger partial charge in [-0.05, 0) is 24.6 Å². The van der Waals surface area contributed by atoms with Crippen molar-refractivity contribution >= 4 is 16.0 Å². The van der Waals surface area contributed by atoms with Crippen LogP contribution in [0.1, 0.15) is 30.9 Å². The van der Waals surface area contributed by atoms with Crippen molar-refractivity contribution in [2.45, 2.75) is 32.1 Å². The Labute approximate surface area is 133 Å². The summed E-state index contributed by atoms with van der Waals surface area (Å²) in [5.74, 6) is 0.738. The third-order valence-corrected chi connectivity index (χ3v) is 4.50. The minimum atomic E-state index is -3.25. The second-order valence-electron chi connectivity index (χ2n) is 4.99. The van der Waals surface area contributed by atoms with Crippen LogP contribution in [-0.2, 0) is 22.3 Å². The average molecular weight is 326 g/mol. The minimum Gasteiger partial charge on any atom is -0.356 e. The van der Waals surface area contributed by atoms with Crippen LogP contribution < -0.4 is 15.4 Å². The van der Waals surface area contributed by atoms with E-state index in [0.29, 0.717) is 6.54 Å². The first kappa shape index (κ1) is 18.4. The fourth-order valence-corrected chi connectivity index (χ4v) is 2.67. The molecule has 0 fully saturated rings. The lowest BCUT2D eigenvalue weighted by atomic mass is 10.1. The maximum Gasteiger partial charge on any atom is 0.215 e. The summed E-state index contributed by atoms with van der Waals surface area (Å²) in [7, 11) is -0.0900. The molecule has 0 amide bonds. The summed E-state index contributed by atoms with van der Waals surface area (Å²) in [6, 6.07) is 7.53. The molecule has 0 heterocycles. The van der Waals surface area contributed by atoms with Gasteiger partial charge in [0.2, 0.25) is 10.0 Å². The van der Waals surface area contributed by atoms with Crippen LogP contribution in [-0.4, -0.2) is 35.0 Å². The van der Waals surface area contributed by atoms with Crippen LogP contribution in [0, 0.1) is 0 Å². The molecule has 0 aliphatic carbocycles. The molecular weight excluding hydrogens is 300 g/mol. The first-order valence-corrected chi connectivity index (χ1v) is 9.09. The topological polar surface area (TPSA) is 82.6 Å².